The lowest BCUT2D eigenvalue weighted by atomic mass is 9.53. The maximum absolute atomic E-state index is 11.5. The summed E-state index contributed by atoms with van der Waals surface area (Å²) in [5, 5.41) is 19.5. The van der Waals surface area contributed by atoms with E-state index < -0.39 is 18.2 Å². The second kappa shape index (κ2) is 10.5. The van der Waals surface area contributed by atoms with Gasteiger partial charge in [0.25, 0.3) is 0 Å². The lowest BCUT2D eigenvalue weighted by Crippen LogP contribution is -2.59. The molecule has 1 aliphatic heterocycles. The SMILES string of the molecule is CC(C)OC(=O)OCOc1ccc2c(c1)[C@]13CCCC[C@@H]1[C@@H](C2)NCC3.C[C@H](O)C(=O)O. The lowest BCUT2D eigenvalue weighted by molar-refractivity contribution is -0.145. The number of fused-ring (bicyclic) bond motifs is 1. The summed E-state index contributed by atoms with van der Waals surface area (Å²) >= 11 is 0. The largest absolute Gasteiger partial charge is 0.511 e. The molecule has 0 spiro atoms. The number of aliphatic hydroxyl groups excluding tert-OH is 1. The molecule has 0 amide bonds. The first-order chi connectivity index (χ1) is 15.2. The van der Waals surface area contributed by atoms with E-state index in [1.807, 2.05) is 6.07 Å². The molecule has 2 aliphatic carbocycles. The van der Waals surface area contributed by atoms with Crippen LogP contribution in [0.15, 0.2) is 18.2 Å². The molecular formula is C24H35NO7. The van der Waals surface area contributed by atoms with Crippen LogP contribution in [0.5, 0.6) is 5.75 Å². The Balaban J connectivity index is 0.000000427. The number of carbonyl (C=O) groups is 2. The Bertz CT molecular complexity index is 806. The van der Waals surface area contributed by atoms with Gasteiger partial charge in [-0.2, -0.15) is 0 Å². The van der Waals surface area contributed by atoms with E-state index in [9.17, 15) is 9.59 Å². The highest BCUT2D eigenvalue weighted by Gasteiger charge is 2.51. The number of ether oxygens (including phenoxy) is 3. The third-order valence-electron chi connectivity index (χ3n) is 6.71. The van der Waals surface area contributed by atoms with Gasteiger partial charge in [0.1, 0.15) is 11.9 Å². The quantitative estimate of drug-likeness (QED) is 0.463. The highest BCUT2D eigenvalue weighted by molar-refractivity contribution is 5.71. The van der Waals surface area contributed by atoms with Gasteiger partial charge in [0.2, 0.25) is 6.79 Å². The van der Waals surface area contributed by atoms with Crippen molar-refractivity contribution in [2.45, 2.75) is 83.0 Å². The zero-order chi connectivity index (χ0) is 23.3. The fourth-order valence-corrected chi connectivity index (χ4v) is 5.37. The standard InChI is InChI=1S/C21H29NO4.C3H6O3/c1-14(2)26-20(23)25-13-24-16-7-6-15-11-19-17-5-3-4-8-21(17,9-10-22-19)18(15)12-16;1-2(4)3(5)6/h6-7,12,14,17,19,22H,3-5,8-11,13H2,1-2H3;2,4H,1H3,(H,5,6)/t17-,19-,21+;2-/m10/s1. The van der Waals surface area contributed by atoms with E-state index in [2.05, 4.69) is 17.4 Å². The van der Waals surface area contributed by atoms with Crippen LogP contribution in [0.1, 0.15) is 64.0 Å². The van der Waals surface area contributed by atoms with Crippen LogP contribution in [0, 0.1) is 5.92 Å². The van der Waals surface area contributed by atoms with Gasteiger partial charge < -0.3 is 29.7 Å². The van der Waals surface area contributed by atoms with Gasteiger partial charge in [0, 0.05) is 11.5 Å². The first-order valence-electron chi connectivity index (χ1n) is 11.5. The van der Waals surface area contributed by atoms with Crippen molar-refractivity contribution in [2.24, 2.45) is 5.92 Å². The molecule has 1 saturated carbocycles. The molecule has 178 valence electrons. The number of hydrogen-bond donors (Lipinski definition) is 3. The number of carbonyl (C=O) groups excluding carboxylic acids is 1. The number of hydrogen-bond acceptors (Lipinski definition) is 7. The van der Waals surface area contributed by atoms with E-state index in [-0.39, 0.29) is 12.9 Å². The highest BCUT2D eigenvalue weighted by atomic mass is 16.8. The molecule has 8 heteroatoms. The zero-order valence-corrected chi connectivity index (χ0v) is 19.1. The lowest BCUT2D eigenvalue weighted by Gasteiger charge is -2.56. The fraction of sp³-hybridized carbons (Fsp3) is 0.667. The molecule has 4 rings (SSSR count). The third-order valence-corrected chi connectivity index (χ3v) is 6.71. The van der Waals surface area contributed by atoms with Crippen molar-refractivity contribution < 1.29 is 34.0 Å². The summed E-state index contributed by atoms with van der Waals surface area (Å²) in [7, 11) is 0. The van der Waals surface area contributed by atoms with Crippen LogP contribution in [0.2, 0.25) is 0 Å². The molecule has 3 N–H and O–H groups in total. The molecule has 8 nitrogen and oxygen atoms in total. The molecule has 2 fully saturated rings. The predicted molar refractivity (Wildman–Crippen MR) is 118 cm³/mol. The number of carboxylic acids is 1. The Labute approximate surface area is 189 Å². The van der Waals surface area contributed by atoms with Crippen molar-refractivity contribution in [3.05, 3.63) is 29.3 Å². The van der Waals surface area contributed by atoms with E-state index in [1.54, 1.807) is 13.8 Å². The van der Waals surface area contributed by atoms with Gasteiger partial charge in [0.15, 0.2) is 0 Å². The molecule has 1 saturated heterocycles. The summed E-state index contributed by atoms with van der Waals surface area (Å²) in [5.74, 6) is 0.330. The zero-order valence-electron chi connectivity index (χ0n) is 19.1. The van der Waals surface area contributed by atoms with Crippen LogP contribution in [0.4, 0.5) is 4.79 Å². The second-order valence-electron chi connectivity index (χ2n) is 9.18. The van der Waals surface area contributed by atoms with E-state index in [0.717, 1.165) is 24.6 Å². The van der Waals surface area contributed by atoms with E-state index in [4.69, 9.17) is 24.4 Å². The molecule has 1 heterocycles. The Morgan fingerprint density at radius 3 is 2.66 bits per heavy atom. The van der Waals surface area contributed by atoms with Gasteiger partial charge in [-0.3, -0.25) is 0 Å². The van der Waals surface area contributed by atoms with Crippen molar-refractivity contribution in [2.75, 3.05) is 13.3 Å². The van der Waals surface area contributed by atoms with Crippen molar-refractivity contribution in [1.29, 1.82) is 0 Å². The monoisotopic (exact) mass is 449 g/mol. The molecule has 4 atom stereocenters. The Hall–Kier alpha value is -2.32. The highest BCUT2D eigenvalue weighted by Crippen LogP contribution is 2.54. The number of benzene rings is 1. The summed E-state index contributed by atoms with van der Waals surface area (Å²) in [4.78, 5) is 20.9. The van der Waals surface area contributed by atoms with Crippen molar-refractivity contribution in [3.8, 4) is 5.75 Å². The van der Waals surface area contributed by atoms with E-state index in [0.29, 0.717) is 11.5 Å². The number of nitrogens with one attached hydrogen (secondary N) is 1. The van der Waals surface area contributed by atoms with Crippen LogP contribution in [-0.2, 0) is 26.1 Å². The van der Waals surface area contributed by atoms with Gasteiger partial charge in [-0.05, 0) is 82.2 Å². The molecule has 2 bridgehead atoms. The van der Waals surface area contributed by atoms with E-state index in [1.165, 1.54) is 50.2 Å². The Morgan fingerprint density at radius 1 is 1.22 bits per heavy atom. The van der Waals surface area contributed by atoms with Gasteiger partial charge in [0.05, 0.1) is 6.10 Å². The molecule has 3 aliphatic rings. The van der Waals surface area contributed by atoms with Crippen LogP contribution < -0.4 is 10.1 Å². The molecule has 0 unspecified atom stereocenters. The number of rotatable bonds is 5. The topological polar surface area (TPSA) is 114 Å². The van der Waals surface area contributed by atoms with Crippen molar-refractivity contribution >= 4 is 12.1 Å². The average molecular weight is 450 g/mol. The van der Waals surface area contributed by atoms with Gasteiger partial charge >= 0.3 is 12.1 Å². The van der Waals surface area contributed by atoms with Crippen LogP contribution >= 0.6 is 0 Å². The minimum atomic E-state index is -1.23. The number of aliphatic carboxylic acids is 1. The summed E-state index contributed by atoms with van der Waals surface area (Å²) in [6.07, 6.45) is 5.48. The van der Waals surface area contributed by atoms with Gasteiger partial charge in [-0.1, -0.05) is 18.9 Å². The summed E-state index contributed by atoms with van der Waals surface area (Å²) in [6, 6.07) is 7.01. The summed E-state index contributed by atoms with van der Waals surface area (Å²) in [5.41, 5.74) is 3.23. The molecule has 0 radical (unpaired) electrons. The molecule has 32 heavy (non-hydrogen) atoms. The maximum Gasteiger partial charge on any atom is 0.511 e. The summed E-state index contributed by atoms with van der Waals surface area (Å²) in [6.45, 7) is 5.76. The third kappa shape index (κ3) is 5.53. The van der Waals surface area contributed by atoms with Gasteiger partial charge in [-0.25, -0.2) is 9.59 Å². The van der Waals surface area contributed by atoms with Crippen molar-refractivity contribution in [3.63, 3.8) is 0 Å². The molecule has 1 aromatic carbocycles. The predicted octanol–water partition coefficient (Wildman–Crippen LogP) is 3.38. The van der Waals surface area contributed by atoms with Crippen LogP contribution in [0.3, 0.4) is 0 Å². The van der Waals surface area contributed by atoms with Gasteiger partial charge in [-0.15, -0.1) is 0 Å². The first kappa shape index (κ1) is 24.3. The summed E-state index contributed by atoms with van der Waals surface area (Å²) < 4.78 is 15.6. The smallest absolute Gasteiger partial charge is 0.479 e. The fourth-order valence-electron chi connectivity index (χ4n) is 5.37. The minimum absolute atomic E-state index is 0.120. The Morgan fingerprint density at radius 2 is 1.97 bits per heavy atom. The van der Waals surface area contributed by atoms with E-state index >= 15 is 0 Å². The number of carboxylic acid groups (broad SMARTS) is 1. The number of aliphatic hydroxyl groups is 1. The Kier molecular flexibility index (Phi) is 8.00. The molecule has 0 aromatic heterocycles. The van der Waals surface area contributed by atoms with Crippen LogP contribution in [0.25, 0.3) is 0 Å². The first-order valence-corrected chi connectivity index (χ1v) is 11.5. The van der Waals surface area contributed by atoms with Crippen LogP contribution in [-0.4, -0.2) is 53.9 Å². The van der Waals surface area contributed by atoms with Crippen molar-refractivity contribution in [1.82, 2.24) is 5.32 Å². The number of piperidine rings is 1. The average Bonchev–Trinajstić information content (AvgIpc) is 2.74. The maximum atomic E-state index is 11.5. The molecular weight excluding hydrogens is 414 g/mol. The second-order valence-corrected chi connectivity index (χ2v) is 9.18. The molecule has 1 aromatic rings. The normalized spacial score (nSPS) is 26.5. The minimum Gasteiger partial charge on any atom is -0.479 e.